The fourth-order valence-corrected chi connectivity index (χ4v) is 3.65. The van der Waals surface area contributed by atoms with Gasteiger partial charge in [0.1, 0.15) is 5.75 Å². The summed E-state index contributed by atoms with van der Waals surface area (Å²) in [5, 5.41) is 10.6. The maximum atomic E-state index is 12.6. The minimum atomic E-state index is -0.262. The molecule has 0 radical (unpaired) electrons. The van der Waals surface area contributed by atoms with Gasteiger partial charge in [-0.05, 0) is 30.3 Å². The molecular formula is C16H9Cl2NO2S2. The highest BCUT2D eigenvalue weighted by Crippen LogP contribution is 2.38. The van der Waals surface area contributed by atoms with Crippen LogP contribution in [0, 0.1) is 0 Å². The number of phenolic OH excluding ortho intramolecular Hbond substituents is 1. The largest absolute Gasteiger partial charge is 0.507 e. The molecule has 1 amide bonds. The summed E-state index contributed by atoms with van der Waals surface area (Å²) in [6, 6.07) is 11.7. The summed E-state index contributed by atoms with van der Waals surface area (Å²) < 4.78 is 0.398. The van der Waals surface area contributed by atoms with Crippen molar-refractivity contribution < 1.29 is 9.90 Å². The number of para-hydroxylation sites is 1. The Morgan fingerprint density at radius 1 is 1.13 bits per heavy atom. The van der Waals surface area contributed by atoms with Crippen LogP contribution in [0.4, 0.5) is 5.69 Å². The SMILES string of the molecule is O=C1/C(=C/c2ccccc2O)SC(=S)N1c1ccc(Cl)c(Cl)c1. The summed E-state index contributed by atoms with van der Waals surface area (Å²) in [5.74, 6) is -0.158. The first-order chi connectivity index (χ1) is 11.0. The van der Waals surface area contributed by atoms with Crippen LogP contribution in [-0.4, -0.2) is 15.3 Å². The minimum Gasteiger partial charge on any atom is -0.507 e. The summed E-state index contributed by atoms with van der Waals surface area (Å²) in [4.78, 5) is 14.4. The maximum absolute atomic E-state index is 12.6. The summed E-state index contributed by atoms with van der Waals surface area (Å²) in [7, 11) is 0. The average molecular weight is 382 g/mol. The smallest absolute Gasteiger partial charge is 0.270 e. The van der Waals surface area contributed by atoms with Crippen molar-refractivity contribution in [1.82, 2.24) is 0 Å². The van der Waals surface area contributed by atoms with Crippen LogP contribution in [0.5, 0.6) is 5.75 Å². The number of nitrogens with zero attached hydrogens (tertiary/aromatic N) is 1. The number of carbonyl (C=O) groups excluding carboxylic acids is 1. The molecule has 3 rings (SSSR count). The monoisotopic (exact) mass is 381 g/mol. The molecule has 0 saturated carbocycles. The molecule has 116 valence electrons. The van der Waals surface area contributed by atoms with E-state index in [2.05, 4.69) is 0 Å². The second-order valence-electron chi connectivity index (χ2n) is 4.67. The Hall–Kier alpha value is -1.53. The molecule has 0 bridgehead atoms. The molecular weight excluding hydrogens is 373 g/mol. The van der Waals surface area contributed by atoms with E-state index in [4.69, 9.17) is 35.4 Å². The van der Waals surface area contributed by atoms with Crippen molar-refractivity contribution in [3.63, 3.8) is 0 Å². The fraction of sp³-hybridized carbons (Fsp3) is 0. The molecule has 0 aromatic heterocycles. The lowest BCUT2D eigenvalue weighted by Gasteiger charge is -2.15. The van der Waals surface area contributed by atoms with E-state index >= 15 is 0 Å². The lowest BCUT2D eigenvalue weighted by molar-refractivity contribution is -0.113. The number of halogens is 2. The van der Waals surface area contributed by atoms with Crippen LogP contribution in [0.15, 0.2) is 47.4 Å². The number of carbonyl (C=O) groups is 1. The first kappa shape index (κ1) is 16.3. The van der Waals surface area contributed by atoms with Gasteiger partial charge in [0.15, 0.2) is 4.32 Å². The first-order valence-electron chi connectivity index (χ1n) is 6.48. The molecule has 1 aliphatic heterocycles. The van der Waals surface area contributed by atoms with E-state index in [1.165, 1.54) is 16.7 Å². The third-order valence-electron chi connectivity index (χ3n) is 3.18. The van der Waals surface area contributed by atoms with Crippen LogP contribution in [0.3, 0.4) is 0 Å². The van der Waals surface area contributed by atoms with Crippen LogP contribution in [-0.2, 0) is 4.79 Å². The highest BCUT2D eigenvalue weighted by molar-refractivity contribution is 8.27. The predicted molar refractivity (Wildman–Crippen MR) is 100 cm³/mol. The zero-order valence-corrected chi connectivity index (χ0v) is 14.6. The number of hydrogen-bond acceptors (Lipinski definition) is 4. The van der Waals surface area contributed by atoms with E-state index in [0.717, 1.165) is 0 Å². The van der Waals surface area contributed by atoms with Crippen LogP contribution in [0.1, 0.15) is 5.56 Å². The lowest BCUT2D eigenvalue weighted by Crippen LogP contribution is -2.27. The molecule has 0 spiro atoms. The summed E-state index contributed by atoms with van der Waals surface area (Å²) in [5.41, 5.74) is 1.12. The maximum Gasteiger partial charge on any atom is 0.270 e. The Morgan fingerprint density at radius 3 is 2.57 bits per heavy atom. The third-order valence-corrected chi connectivity index (χ3v) is 5.22. The molecule has 0 atom stereocenters. The Balaban J connectivity index is 1.97. The van der Waals surface area contributed by atoms with Gasteiger partial charge in [0.05, 0.1) is 20.6 Å². The molecule has 1 fully saturated rings. The molecule has 7 heteroatoms. The standard InChI is InChI=1S/C16H9Cl2NO2S2/c17-11-6-5-10(8-12(11)18)19-15(21)14(23-16(19)22)7-9-3-1-2-4-13(9)20/h1-8,20H/b14-7-. The van der Waals surface area contributed by atoms with Crippen LogP contribution < -0.4 is 4.90 Å². The molecule has 2 aromatic rings. The van der Waals surface area contributed by atoms with Crippen molar-refractivity contribution in [2.45, 2.75) is 0 Å². The zero-order valence-electron chi connectivity index (χ0n) is 11.5. The molecule has 1 heterocycles. The van der Waals surface area contributed by atoms with Crippen molar-refractivity contribution in [2.75, 3.05) is 4.90 Å². The number of amides is 1. The Labute approximate surface area is 152 Å². The number of rotatable bonds is 2. The normalized spacial score (nSPS) is 16.4. The Bertz CT molecular complexity index is 852. The summed E-state index contributed by atoms with van der Waals surface area (Å²) in [6.45, 7) is 0. The van der Waals surface area contributed by atoms with Crippen molar-refractivity contribution in [3.05, 3.63) is 63.0 Å². The summed E-state index contributed by atoms with van der Waals surface area (Å²) >= 11 is 18.4. The molecule has 1 N–H and O–H groups in total. The van der Waals surface area contributed by atoms with E-state index in [1.54, 1.807) is 48.5 Å². The molecule has 1 saturated heterocycles. The molecule has 23 heavy (non-hydrogen) atoms. The van der Waals surface area contributed by atoms with Gasteiger partial charge in [0.2, 0.25) is 0 Å². The van der Waals surface area contributed by atoms with Gasteiger partial charge in [-0.2, -0.15) is 0 Å². The molecule has 1 aliphatic rings. The van der Waals surface area contributed by atoms with Gasteiger partial charge in [0.25, 0.3) is 5.91 Å². The van der Waals surface area contributed by atoms with Gasteiger partial charge in [0, 0.05) is 5.56 Å². The van der Waals surface area contributed by atoms with Crippen LogP contribution in [0.25, 0.3) is 6.08 Å². The van der Waals surface area contributed by atoms with E-state index in [-0.39, 0.29) is 11.7 Å². The number of thiocarbonyl (C=S) groups is 1. The van der Waals surface area contributed by atoms with Crippen LogP contribution in [0.2, 0.25) is 10.0 Å². The highest BCUT2D eigenvalue weighted by Gasteiger charge is 2.33. The number of anilines is 1. The summed E-state index contributed by atoms with van der Waals surface area (Å²) in [6.07, 6.45) is 1.62. The van der Waals surface area contributed by atoms with Gasteiger partial charge in [-0.3, -0.25) is 9.69 Å². The second kappa shape index (κ2) is 6.53. The quantitative estimate of drug-likeness (QED) is 0.579. The second-order valence-corrected chi connectivity index (χ2v) is 7.16. The Kier molecular flexibility index (Phi) is 4.64. The Morgan fingerprint density at radius 2 is 1.87 bits per heavy atom. The predicted octanol–water partition coefficient (Wildman–Crippen LogP) is 5.10. The topological polar surface area (TPSA) is 40.5 Å². The number of phenols is 1. The molecule has 2 aromatic carbocycles. The molecule has 0 aliphatic carbocycles. The lowest BCUT2D eigenvalue weighted by atomic mass is 10.2. The number of benzene rings is 2. The number of thioether (sulfide) groups is 1. The van der Waals surface area contributed by atoms with Gasteiger partial charge >= 0.3 is 0 Å². The van der Waals surface area contributed by atoms with Crippen molar-refractivity contribution in [1.29, 1.82) is 0 Å². The van der Waals surface area contributed by atoms with Gasteiger partial charge in [-0.15, -0.1) is 0 Å². The van der Waals surface area contributed by atoms with Crippen molar-refractivity contribution >= 4 is 69.2 Å². The van der Waals surface area contributed by atoms with E-state index in [0.29, 0.717) is 30.5 Å². The minimum absolute atomic E-state index is 0.104. The van der Waals surface area contributed by atoms with E-state index in [9.17, 15) is 9.90 Å². The number of hydrogen-bond donors (Lipinski definition) is 1. The zero-order chi connectivity index (χ0) is 16.6. The van der Waals surface area contributed by atoms with Crippen molar-refractivity contribution in [3.8, 4) is 5.75 Å². The van der Waals surface area contributed by atoms with Gasteiger partial charge in [-0.1, -0.05) is 65.4 Å². The molecule has 0 unspecified atom stereocenters. The van der Waals surface area contributed by atoms with Gasteiger partial charge < -0.3 is 5.11 Å². The average Bonchev–Trinajstić information content (AvgIpc) is 2.79. The van der Waals surface area contributed by atoms with Crippen molar-refractivity contribution in [2.24, 2.45) is 0 Å². The third kappa shape index (κ3) is 3.23. The fourth-order valence-electron chi connectivity index (χ4n) is 2.07. The number of aromatic hydroxyl groups is 1. The molecule has 3 nitrogen and oxygen atoms in total. The van der Waals surface area contributed by atoms with Gasteiger partial charge in [-0.25, -0.2) is 0 Å². The van der Waals surface area contributed by atoms with E-state index in [1.807, 2.05) is 0 Å². The van der Waals surface area contributed by atoms with Crippen LogP contribution >= 0.6 is 47.2 Å². The van der Waals surface area contributed by atoms with E-state index < -0.39 is 0 Å². The highest BCUT2D eigenvalue weighted by atomic mass is 35.5. The first-order valence-corrected chi connectivity index (χ1v) is 8.46.